The van der Waals surface area contributed by atoms with Crippen molar-refractivity contribution >= 4 is 22.9 Å². The van der Waals surface area contributed by atoms with Crippen molar-refractivity contribution in [2.45, 2.75) is 6.92 Å². The Hall–Kier alpha value is -1.61. The Morgan fingerprint density at radius 3 is 2.60 bits per heavy atom. The molecule has 15 heavy (non-hydrogen) atoms. The number of rotatable bonds is 2. The lowest BCUT2D eigenvalue weighted by Gasteiger charge is -2.01. The summed E-state index contributed by atoms with van der Waals surface area (Å²) in [4.78, 5) is 12.9. The molecule has 0 unspecified atom stereocenters. The van der Waals surface area contributed by atoms with E-state index >= 15 is 0 Å². The summed E-state index contributed by atoms with van der Waals surface area (Å²) < 4.78 is 0. The number of aryl methyl sites for hydroxylation is 1. The van der Waals surface area contributed by atoms with E-state index in [-0.39, 0.29) is 5.91 Å². The number of benzene rings is 1. The molecule has 2 nitrogen and oxygen atoms in total. The third-order valence-electron chi connectivity index (χ3n) is 2.02. The maximum atomic E-state index is 11.7. The second-order valence-corrected chi connectivity index (χ2v) is 4.38. The first-order valence-corrected chi connectivity index (χ1v) is 5.55. The maximum Gasteiger partial charge on any atom is 0.255 e. The maximum absolute atomic E-state index is 11.7. The van der Waals surface area contributed by atoms with E-state index in [1.165, 1.54) is 4.88 Å². The highest BCUT2D eigenvalue weighted by Gasteiger charge is 2.05. The molecule has 3 heteroatoms. The van der Waals surface area contributed by atoms with Crippen molar-refractivity contribution in [2.75, 3.05) is 5.32 Å². The van der Waals surface area contributed by atoms with Gasteiger partial charge in [-0.1, -0.05) is 18.2 Å². The number of anilines is 1. The summed E-state index contributed by atoms with van der Waals surface area (Å²) in [5.74, 6) is -0.0617. The van der Waals surface area contributed by atoms with E-state index in [9.17, 15) is 4.79 Å². The summed E-state index contributed by atoms with van der Waals surface area (Å²) in [7, 11) is 0. The SMILES string of the molecule is Cc1cc(NC(=O)c2ccccc2)cs1. The van der Waals surface area contributed by atoms with E-state index in [2.05, 4.69) is 5.32 Å². The molecule has 0 aliphatic rings. The average Bonchev–Trinajstić information content (AvgIpc) is 2.65. The number of hydrogen-bond acceptors (Lipinski definition) is 2. The molecule has 0 aliphatic heterocycles. The molecular formula is C12H11NOS. The van der Waals surface area contributed by atoms with E-state index in [0.717, 1.165) is 5.69 Å². The van der Waals surface area contributed by atoms with Crippen LogP contribution in [0, 0.1) is 6.92 Å². The Balaban J connectivity index is 2.11. The van der Waals surface area contributed by atoms with Crippen LogP contribution in [0.4, 0.5) is 5.69 Å². The van der Waals surface area contributed by atoms with E-state index < -0.39 is 0 Å². The topological polar surface area (TPSA) is 29.1 Å². The third-order valence-corrected chi connectivity index (χ3v) is 2.89. The van der Waals surface area contributed by atoms with Gasteiger partial charge in [0.2, 0.25) is 0 Å². The molecule has 1 heterocycles. The van der Waals surface area contributed by atoms with Gasteiger partial charge in [0.05, 0.1) is 5.69 Å². The van der Waals surface area contributed by atoms with Gasteiger partial charge in [0, 0.05) is 15.8 Å². The van der Waals surface area contributed by atoms with E-state index in [0.29, 0.717) is 5.56 Å². The van der Waals surface area contributed by atoms with Crippen LogP contribution < -0.4 is 5.32 Å². The number of carbonyl (C=O) groups excluding carboxylic acids is 1. The first kappa shape index (κ1) is 9.93. The van der Waals surface area contributed by atoms with Gasteiger partial charge in [0.1, 0.15) is 0 Å². The molecule has 0 saturated heterocycles. The van der Waals surface area contributed by atoms with Gasteiger partial charge in [-0.15, -0.1) is 11.3 Å². The minimum absolute atomic E-state index is 0.0617. The van der Waals surface area contributed by atoms with Gasteiger partial charge in [0.25, 0.3) is 5.91 Å². The minimum atomic E-state index is -0.0617. The number of hydrogen-bond donors (Lipinski definition) is 1. The lowest BCUT2D eigenvalue weighted by atomic mass is 10.2. The lowest BCUT2D eigenvalue weighted by Crippen LogP contribution is -2.10. The molecule has 0 atom stereocenters. The van der Waals surface area contributed by atoms with Crippen molar-refractivity contribution in [1.82, 2.24) is 0 Å². The summed E-state index contributed by atoms with van der Waals surface area (Å²) in [6.45, 7) is 2.02. The Labute approximate surface area is 92.6 Å². The molecule has 2 aromatic rings. The first-order valence-electron chi connectivity index (χ1n) is 4.67. The molecule has 0 bridgehead atoms. The van der Waals surface area contributed by atoms with E-state index in [1.54, 1.807) is 23.5 Å². The quantitative estimate of drug-likeness (QED) is 0.821. The minimum Gasteiger partial charge on any atom is -0.321 e. The van der Waals surface area contributed by atoms with Crippen molar-refractivity contribution in [2.24, 2.45) is 0 Å². The highest BCUT2D eigenvalue weighted by Crippen LogP contribution is 2.18. The van der Waals surface area contributed by atoms with Crippen molar-refractivity contribution < 1.29 is 4.79 Å². The molecule has 76 valence electrons. The van der Waals surface area contributed by atoms with Gasteiger partial charge in [0.15, 0.2) is 0 Å². The number of nitrogens with one attached hydrogen (secondary N) is 1. The molecular weight excluding hydrogens is 206 g/mol. The molecule has 1 aromatic carbocycles. The Morgan fingerprint density at radius 1 is 1.27 bits per heavy atom. The monoisotopic (exact) mass is 217 g/mol. The zero-order valence-electron chi connectivity index (χ0n) is 8.36. The molecule has 0 aliphatic carbocycles. The van der Waals surface area contributed by atoms with Crippen molar-refractivity contribution in [1.29, 1.82) is 0 Å². The van der Waals surface area contributed by atoms with Crippen LogP contribution in [0.1, 0.15) is 15.2 Å². The summed E-state index contributed by atoms with van der Waals surface area (Å²) in [6, 6.07) is 11.2. The van der Waals surface area contributed by atoms with Crippen molar-refractivity contribution in [3.8, 4) is 0 Å². The van der Waals surface area contributed by atoms with Crippen LogP contribution in [0.3, 0.4) is 0 Å². The zero-order valence-corrected chi connectivity index (χ0v) is 9.17. The van der Waals surface area contributed by atoms with Gasteiger partial charge in [-0.2, -0.15) is 0 Å². The van der Waals surface area contributed by atoms with Crippen LogP contribution in [0.15, 0.2) is 41.8 Å². The Bertz CT molecular complexity index is 461. The molecule has 1 aromatic heterocycles. The second kappa shape index (κ2) is 4.28. The average molecular weight is 217 g/mol. The fraction of sp³-hybridized carbons (Fsp3) is 0.0833. The van der Waals surface area contributed by atoms with Crippen LogP contribution >= 0.6 is 11.3 Å². The first-order chi connectivity index (χ1) is 7.25. The molecule has 1 N–H and O–H groups in total. The second-order valence-electron chi connectivity index (χ2n) is 3.27. The summed E-state index contributed by atoms with van der Waals surface area (Å²) >= 11 is 1.63. The predicted molar refractivity (Wildman–Crippen MR) is 63.5 cm³/mol. The fourth-order valence-electron chi connectivity index (χ4n) is 1.30. The van der Waals surface area contributed by atoms with Gasteiger partial charge in [-0.3, -0.25) is 4.79 Å². The van der Waals surface area contributed by atoms with E-state index in [1.807, 2.05) is 36.6 Å². The molecule has 0 spiro atoms. The van der Waals surface area contributed by atoms with Crippen molar-refractivity contribution in [3.05, 3.63) is 52.2 Å². The van der Waals surface area contributed by atoms with Gasteiger partial charge in [-0.05, 0) is 25.1 Å². The molecule has 2 rings (SSSR count). The molecule has 0 fully saturated rings. The van der Waals surface area contributed by atoms with Gasteiger partial charge in [-0.25, -0.2) is 0 Å². The van der Waals surface area contributed by atoms with E-state index in [4.69, 9.17) is 0 Å². The Morgan fingerprint density at radius 2 is 2.00 bits per heavy atom. The normalized spacial score (nSPS) is 9.93. The van der Waals surface area contributed by atoms with Crippen molar-refractivity contribution in [3.63, 3.8) is 0 Å². The van der Waals surface area contributed by atoms with Crippen LogP contribution in [-0.4, -0.2) is 5.91 Å². The number of carbonyl (C=O) groups is 1. The molecule has 1 amide bonds. The highest BCUT2D eigenvalue weighted by molar-refractivity contribution is 7.10. The smallest absolute Gasteiger partial charge is 0.255 e. The van der Waals surface area contributed by atoms with Crippen LogP contribution in [0.2, 0.25) is 0 Å². The standard InChI is InChI=1S/C12H11NOS/c1-9-7-11(8-15-9)13-12(14)10-5-3-2-4-6-10/h2-8H,1H3,(H,13,14). The zero-order chi connectivity index (χ0) is 10.7. The number of amides is 1. The fourth-order valence-corrected chi connectivity index (χ4v) is 1.94. The summed E-state index contributed by atoms with van der Waals surface area (Å²) in [5.41, 5.74) is 1.55. The third kappa shape index (κ3) is 2.44. The number of thiophene rings is 1. The highest BCUT2D eigenvalue weighted by atomic mass is 32.1. The lowest BCUT2D eigenvalue weighted by molar-refractivity contribution is 0.102. The predicted octanol–water partition coefficient (Wildman–Crippen LogP) is 3.31. The Kier molecular flexibility index (Phi) is 2.83. The molecule has 0 saturated carbocycles. The van der Waals surface area contributed by atoms with Crippen LogP contribution in [-0.2, 0) is 0 Å². The largest absolute Gasteiger partial charge is 0.321 e. The molecule has 0 radical (unpaired) electrons. The van der Waals surface area contributed by atoms with Gasteiger partial charge < -0.3 is 5.32 Å². The summed E-state index contributed by atoms with van der Waals surface area (Å²) in [5, 5.41) is 4.79. The van der Waals surface area contributed by atoms with Crippen LogP contribution in [0.25, 0.3) is 0 Å². The van der Waals surface area contributed by atoms with Gasteiger partial charge >= 0.3 is 0 Å². The van der Waals surface area contributed by atoms with Crippen LogP contribution in [0.5, 0.6) is 0 Å². The summed E-state index contributed by atoms with van der Waals surface area (Å²) in [6.07, 6.45) is 0.